The Bertz CT molecular complexity index is 261. The number of rotatable bonds is 4. The molecule has 1 heterocycles. The van der Waals surface area contributed by atoms with Gasteiger partial charge >= 0.3 is 0 Å². The molecule has 0 radical (unpaired) electrons. The predicted molar refractivity (Wildman–Crippen MR) is 68.6 cm³/mol. The van der Waals surface area contributed by atoms with E-state index >= 15 is 0 Å². The second-order valence-corrected chi connectivity index (χ2v) is 6.41. The van der Waals surface area contributed by atoms with Crippen LogP contribution in [0.25, 0.3) is 0 Å². The third-order valence-corrected chi connectivity index (χ3v) is 3.21. The molecule has 1 rings (SSSR count). The fraction of sp³-hybridized carbons (Fsp3) is 0.923. The monoisotopic (exact) mass is 242 g/mol. The first kappa shape index (κ1) is 14.5. The lowest BCUT2D eigenvalue weighted by Gasteiger charge is -2.23. The number of amides is 1. The number of aliphatic hydroxyl groups excluding tert-OH is 1. The molecule has 17 heavy (non-hydrogen) atoms. The minimum Gasteiger partial charge on any atom is -0.391 e. The van der Waals surface area contributed by atoms with Gasteiger partial charge in [-0.15, -0.1) is 0 Å². The van der Waals surface area contributed by atoms with Crippen molar-refractivity contribution in [1.29, 1.82) is 0 Å². The molecule has 0 aromatic rings. The minimum absolute atomic E-state index is 0.0526. The largest absolute Gasteiger partial charge is 0.391 e. The summed E-state index contributed by atoms with van der Waals surface area (Å²) in [7, 11) is 0. The third kappa shape index (κ3) is 5.04. The van der Waals surface area contributed by atoms with Crippen LogP contribution in [0, 0.1) is 17.3 Å². The Morgan fingerprint density at radius 3 is 2.59 bits per heavy atom. The first-order valence-corrected chi connectivity index (χ1v) is 6.46. The molecule has 1 fully saturated rings. The molecule has 3 atom stereocenters. The van der Waals surface area contributed by atoms with Crippen molar-refractivity contribution in [2.24, 2.45) is 17.3 Å². The van der Waals surface area contributed by atoms with Gasteiger partial charge in [0.15, 0.2) is 0 Å². The molecule has 3 N–H and O–H groups in total. The number of hydrogen-bond acceptors (Lipinski definition) is 3. The molecular weight excluding hydrogens is 216 g/mol. The Balaban J connectivity index is 2.28. The van der Waals surface area contributed by atoms with E-state index in [0.29, 0.717) is 18.9 Å². The fourth-order valence-corrected chi connectivity index (χ4v) is 2.29. The molecule has 4 heteroatoms. The van der Waals surface area contributed by atoms with E-state index in [9.17, 15) is 9.90 Å². The highest BCUT2D eigenvalue weighted by atomic mass is 16.3. The Kier molecular flexibility index (Phi) is 4.95. The van der Waals surface area contributed by atoms with Crippen molar-refractivity contribution < 1.29 is 9.90 Å². The van der Waals surface area contributed by atoms with E-state index in [4.69, 9.17) is 0 Å². The van der Waals surface area contributed by atoms with Gasteiger partial charge in [0, 0.05) is 13.1 Å². The van der Waals surface area contributed by atoms with Gasteiger partial charge in [-0.25, -0.2) is 0 Å². The zero-order valence-electron chi connectivity index (χ0n) is 11.4. The standard InChI is InChI=1S/C13H26N2O2/c1-9-6-14-8-11(9)12(17)15-7-10(16)5-13(2,3)4/h9-11,14,16H,5-8H2,1-4H3,(H,15,17)/t9-,10?,11-/m1/s1. The van der Waals surface area contributed by atoms with Crippen LogP contribution in [0.3, 0.4) is 0 Å². The number of aliphatic hydroxyl groups is 1. The molecule has 0 aromatic heterocycles. The number of carbonyl (C=O) groups excluding carboxylic acids is 1. The Morgan fingerprint density at radius 1 is 1.47 bits per heavy atom. The van der Waals surface area contributed by atoms with Crippen molar-refractivity contribution >= 4 is 5.91 Å². The molecule has 4 nitrogen and oxygen atoms in total. The van der Waals surface area contributed by atoms with Gasteiger partial charge in [0.1, 0.15) is 0 Å². The summed E-state index contributed by atoms with van der Waals surface area (Å²) in [6.07, 6.45) is 0.245. The van der Waals surface area contributed by atoms with Gasteiger partial charge in [0.2, 0.25) is 5.91 Å². The highest BCUT2D eigenvalue weighted by Crippen LogP contribution is 2.20. The summed E-state index contributed by atoms with van der Waals surface area (Å²) >= 11 is 0. The van der Waals surface area contributed by atoms with Crippen molar-refractivity contribution in [3.63, 3.8) is 0 Å². The van der Waals surface area contributed by atoms with Gasteiger partial charge in [-0.3, -0.25) is 4.79 Å². The van der Waals surface area contributed by atoms with E-state index in [1.54, 1.807) is 0 Å². The van der Waals surface area contributed by atoms with Gasteiger partial charge in [0.25, 0.3) is 0 Å². The molecule has 1 aliphatic rings. The SMILES string of the molecule is C[C@@H]1CNC[C@H]1C(=O)NCC(O)CC(C)(C)C. The van der Waals surface area contributed by atoms with Crippen molar-refractivity contribution in [3.05, 3.63) is 0 Å². The Hall–Kier alpha value is -0.610. The lowest BCUT2D eigenvalue weighted by atomic mass is 9.89. The average molecular weight is 242 g/mol. The van der Waals surface area contributed by atoms with Crippen molar-refractivity contribution in [2.75, 3.05) is 19.6 Å². The molecule has 0 aliphatic carbocycles. The predicted octanol–water partition coefficient (Wildman–Crippen LogP) is 0.755. The molecule has 1 saturated heterocycles. The zero-order valence-corrected chi connectivity index (χ0v) is 11.4. The van der Waals surface area contributed by atoms with Crippen LogP contribution in [-0.4, -0.2) is 36.8 Å². The van der Waals surface area contributed by atoms with Crippen molar-refractivity contribution in [2.45, 2.75) is 40.2 Å². The van der Waals surface area contributed by atoms with Crippen molar-refractivity contribution in [3.8, 4) is 0 Å². The first-order valence-electron chi connectivity index (χ1n) is 6.46. The minimum atomic E-state index is -0.455. The van der Waals surface area contributed by atoms with Crippen LogP contribution in [-0.2, 0) is 4.79 Å². The molecule has 100 valence electrons. The second kappa shape index (κ2) is 5.83. The van der Waals surface area contributed by atoms with Gasteiger partial charge in [0.05, 0.1) is 12.0 Å². The van der Waals surface area contributed by atoms with Crippen LogP contribution in [0.15, 0.2) is 0 Å². The molecule has 1 amide bonds. The summed E-state index contributed by atoms with van der Waals surface area (Å²) in [6.45, 7) is 10.4. The second-order valence-electron chi connectivity index (χ2n) is 6.41. The van der Waals surface area contributed by atoms with E-state index in [1.165, 1.54) is 0 Å². The van der Waals surface area contributed by atoms with Crippen molar-refractivity contribution in [1.82, 2.24) is 10.6 Å². The van der Waals surface area contributed by atoms with Gasteiger partial charge < -0.3 is 15.7 Å². The molecule has 1 unspecified atom stereocenters. The number of hydrogen-bond donors (Lipinski definition) is 3. The zero-order chi connectivity index (χ0) is 13.1. The molecular formula is C13H26N2O2. The highest BCUT2D eigenvalue weighted by molar-refractivity contribution is 5.79. The summed E-state index contributed by atoms with van der Waals surface area (Å²) in [6, 6.07) is 0. The summed E-state index contributed by atoms with van der Waals surface area (Å²) in [5.74, 6) is 0.502. The Morgan fingerprint density at radius 2 is 2.12 bits per heavy atom. The lowest BCUT2D eigenvalue weighted by Crippen LogP contribution is -2.39. The van der Waals surface area contributed by atoms with Crippen LogP contribution in [0.1, 0.15) is 34.1 Å². The van der Waals surface area contributed by atoms with E-state index in [2.05, 4.69) is 38.3 Å². The molecule has 0 spiro atoms. The van der Waals surface area contributed by atoms with Crippen LogP contribution in [0.4, 0.5) is 0 Å². The van der Waals surface area contributed by atoms with E-state index in [0.717, 1.165) is 13.1 Å². The van der Waals surface area contributed by atoms with Crippen LogP contribution >= 0.6 is 0 Å². The van der Waals surface area contributed by atoms with Gasteiger partial charge in [-0.1, -0.05) is 27.7 Å². The topological polar surface area (TPSA) is 61.4 Å². The Labute approximate surface area is 104 Å². The van der Waals surface area contributed by atoms with Crippen LogP contribution in [0.2, 0.25) is 0 Å². The highest BCUT2D eigenvalue weighted by Gasteiger charge is 2.29. The maximum absolute atomic E-state index is 11.9. The van der Waals surface area contributed by atoms with Gasteiger partial charge in [-0.05, 0) is 24.3 Å². The van der Waals surface area contributed by atoms with E-state index < -0.39 is 6.10 Å². The quantitative estimate of drug-likeness (QED) is 0.682. The summed E-state index contributed by atoms with van der Waals surface area (Å²) in [5.41, 5.74) is 0.0896. The summed E-state index contributed by atoms with van der Waals surface area (Å²) in [4.78, 5) is 11.9. The molecule has 1 aliphatic heterocycles. The maximum atomic E-state index is 11.9. The summed E-state index contributed by atoms with van der Waals surface area (Å²) < 4.78 is 0. The third-order valence-electron chi connectivity index (χ3n) is 3.21. The lowest BCUT2D eigenvalue weighted by molar-refractivity contribution is -0.125. The number of carbonyl (C=O) groups is 1. The van der Waals surface area contributed by atoms with Crippen LogP contribution < -0.4 is 10.6 Å². The van der Waals surface area contributed by atoms with E-state index in [-0.39, 0.29) is 17.2 Å². The summed E-state index contributed by atoms with van der Waals surface area (Å²) in [5, 5.41) is 15.9. The molecule has 0 aromatic carbocycles. The number of nitrogens with one attached hydrogen (secondary N) is 2. The van der Waals surface area contributed by atoms with Gasteiger partial charge in [-0.2, -0.15) is 0 Å². The maximum Gasteiger partial charge on any atom is 0.224 e. The first-order chi connectivity index (χ1) is 7.79. The molecule has 0 saturated carbocycles. The van der Waals surface area contributed by atoms with E-state index in [1.807, 2.05) is 0 Å². The smallest absolute Gasteiger partial charge is 0.224 e. The molecule has 0 bridgehead atoms. The normalized spacial score (nSPS) is 26.9. The van der Waals surface area contributed by atoms with Crippen LogP contribution in [0.5, 0.6) is 0 Å². The fourth-order valence-electron chi connectivity index (χ4n) is 2.29. The average Bonchev–Trinajstić information content (AvgIpc) is 2.58.